The molecular weight excluding hydrogens is 154 g/mol. The molecule has 3 N–H and O–H groups in total. The molecule has 54 valence electrons. The van der Waals surface area contributed by atoms with Gasteiger partial charge in [0.2, 0.25) is 0 Å². The van der Waals surface area contributed by atoms with Crippen molar-refractivity contribution < 1.29 is 44.6 Å². The molecule has 0 aromatic heterocycles. The second-order valence-corrected chi connectivity index (χ2v) is 2.14. The van der Waals surface area contributed by atoms with E-state index in [-0.39, 0.29) is 35.0 Å². The van der Waals surface area contributed by atoms with E-state index in [0.717, 1.165) is 0 Å². The molecule has 0 aliphatic heterocycles. The van der Waals surface area contributed by atoms with Crippen LogP contribution in [-0.4, -0.2) is 21.8 Å². The Morgan fingerprint density at radius 1 is 0.909 bits per heavy atom. The summed E-state index contributed by atoms with van der Waals surface area (Å²) in [6.45, 7) is -3.30. The molecule has 0 unspecified atom stereocenters. The third-order valence-electron chi connectivity index (χ3n) is 1.25. The van der Waals surface area contributed by atoms with Crippen molar-refractivity contribution in [2.45, 2.75) is 0 Å². The molecule has 0 saturated carbocycles. The van der Waals surface area contributed by atoms with E-state index < -0.39 is 6.75 Å². The molecular formula is C6H8BNaO3. The SMILES string of the molecule is O[B-](O)(O)c1ccccc1.[Na+]. The molecule has 0 amide bonds. The standard InChI is InChI=1S/C6H8BO3.Na/c8-7(9,10)6-4-2-1-3-5-6;/h1-5,8-10H;/q-1;+1. The van der Waals surface area contributed by atoms with Gasteiger partial charge in [0.1, 0.15) is 0 Å². The molecule has 0 heterocycles. The van der Waals surface area contributed by atoms with Gasteiger partial charge in [0, 0.05) is 0 Å². The van der Waals surface area contributed by atoms with Gasteiger partial charge in [-0.25, -0.2) is 0 Å². The smallest absolute Gasteiger partial charge is 0.556 e. The molecule has 0 saturated heterocycles. The first-order valence-corrected chi connectivity index (χ1v) is 2.97. The van der Waals surface area contributed by atoms with Crippen LogP contribution >= 0.6 is 0 Å². The molecule has 1 aromatic carbocycles. The summed E-state index contributed by atoms with van der Waals surface area (Å²) in [7, 11) is 0. The summed E-state index contributed by atoms with van der Waals surface area (Å²) in [5.74, 6) is 0. The number of rotatable bonds is 1. The van der Waals surface area contributed by atoms with Gasteiger partial charge < -0.3 is 15.1 Å². The maximum absolute atomic E-state index is 8.66. The molecule has 0 aliphatic carbocycles. The largest absolute Gasteiger partial charge is 1.00 e. The fourth-order valence-electron chi connectivity index (χ4n) is 0.711. The Morgan fingerprint density at radius 2 is 1.36 bits per heavy atom. The number of hydrogen-bond acceptors (Lipinski definition) is 3. The molecule has 0 spiro atoms. The van der Waals surface area contributed by atoms with E-state index in [1.54, 1.807) is 18.2 Å². The van der Waals surface area contributed by atoms with Crippen LogP contribution in [0, 0.1) is 0 Å². The van der Waals surface area contributed by atoms with Crippen molar-refractivity contribution in [1.29, 1.82) is 0 Å². The fraction of sp³-hybridized carbons (Fsp3) is 0. The predicted octanol–water partition coefficient (Wildman–Crippen LogP) is -4.19. The van der Waals surface area contributed by atoms with Crippen LogP contribution in [0.2, 0.25) is 0 Å². The average Bonchev–Trinajstić information content (AvgIpc) is 1.88. The zero-order chi connectivity index (χ0) is 7.61. The Labute approximate surface area is 87.0 Å². The summed E-state index contributed by atoms with van der Waals surface area (Å²) in [5, 5.41) is 26.0. The van der Waals surface area contributed by atoms with Crippen molar-refractivity contribution in [2.24, 2.45) is 0 Å². The Hall–Kier alpha value is 0.165. The fourth-order valence-corrected chi connectivity index (χ4v) is 0.711. The van der Waals surface area contributed by atoms with Crippen LogP contribution in [0.5, 0.6) is 0 Å². The van der Waals surface area contributed by atoms with E-state index in [2.05, 4.69) is 0 Å². The Morgan fingerprint density at radius 3 is 1.64 bits per heavy atom. The van der Waals surface area contributed by atoms with E-state index in [1.807, 2.05) is 0 Å². The van der Waals surface area contributed by atoms with E-state index >= 15 is 0 Å². The molecule has 3 nitrogen and oxygen atoms in total. The monoisotopic (exact) mass is 162 g/mol. The van der Waals surface area contributed by atoms with Crippen molar-refractivity contribution in [2.75, 3.05) is 0 Å². The summed E-state index contributed by atoms with van der Waals surface area (Å²) in [6.07, 6.45) is 0. The van der Waals surface area contributed by atoms with Gasteiger partial charge in [0.15, 0.2) is 0 Å². The van der Waals surface area contributed by atoms with E-state index in [1.165, 1.54) is 12.1 Å². The molecule has 0 fully saturated rings. The van der Waals surface area contributed by atoms with Crippen molar-refractivity contribution in [3.05, 3.63) is 30.3 Å². The molecule has 1 aromatic rings. The summed E-state index contributed by atoms with van der Waals surface area (Å²) >= 11 is 0. The van der Waals surface area contributed by atoms with Gasteiger partial charge in [-0.1, -0.05) is 30.3 Å². The maximum Gasteiger partial charge on any atom is 1.00 e. The molecule has 0 radical (unpaired) electrons. The first-order chi connectivity index (χ1) is 4.61. The van der Waals surface area contributed by atoms with Crippen LogP contribution in [0.15, 0.2) is 30.3 Å². The second-order valence-electron chi connectivity index (χ2n) is 2.14. The van der Waals surface area contributed by atoms with Gasteiger partial charge in [-0.15, -0.1) is 5.46 Å². The van der Waals surface area contributed by atoms with E-state index in [4.69, 9.17) is 15.1 Å². The zero-order valence-corrected chi connectivity index (χ0v) is 8.31. The first kappa shape index (κ1) is 11.2. The van der Waals surface area contributed by atoms with Crippen molar-refractivity contribution in [3.63, 3.8) is 0 Å². The van der Waals surface area contributed by atoms with Gasteiger partial charge in [0.05, 0.1) is 0 Å². The minimum Gasteiger partial charge on any atom is -0.556 e. The van der Waals surface area contributed by atoms with Crippen LogP contribution < -0.4 is 35.0 Å². The Balaban J connectivity index is 0.000001000. The zero-order valence-electron chi connectivity index (χ0n) is 6.31. The van der Waals surface area contributed by atoms with Crippen molar-refractivity contribution in [1.82, 2.24) is 0 Å². The second kappa shape index (κ2) is 4.26. The molecule has 11 heavy (non-hydrogen) atoms. The first-order valence-electron chi connectivity index (χ1n) is 2.97. The van der Waals surface area contributed by atoms with Gasteiger partial charge >= 0.3 is 36.3 Å². The van der Waals surface area contributed by atoms with Crippen LogP contribution in [0.4, 0.5) is 0 Å². The Kier molecular flexibility index (Phi) is 4.32. The molecule has 5 heteroatoms. The van der Waals surface area contributed by atoms with Gasteiger partial charge in [-0.2, -0.15) is 0 Å². The topological polar surface area (TPSA) is 60.7 Å². The van der Waals surface area contributed by atoms with Crippen LogP contribution in [0.3, 0.4) is 0 Å². The van der Waals surface area contributed by atoms with Crippen molar-refractivity contribution >= 4 is 12.2 Å². The number of benzene rings is 1. The minimum atomic E-state index is -3.30. The molecule has 0 atom stereocenters. The number of hydrogen-bond donors (Lipinski definition) is 3. The van der Waals surface area contributed by atoms with Crippen molar-refractivity contribution in [3.8, 4) is 0 Å². The third kappa shape index (κ3) is 3.38. The van der Waals surface area contributed by atoms with Gasteiger partial charge in [-0.05, 0) is 0 Å². The van der Waals surface area contributed by atoms with Crippen LogP contribution in [0.25, 0.3) is 0 Å². The predicted molar refractivity (Wildman–Crippen MR) is 38.5 cm³/mol. The summed E-state index contributed by atoms with van der Waals surface area (Å²) in [5.41, 5.74) is 0.127. The normalized spacial score (nSPS) is 10.5. The maximum atomic E-state index is 8.66. The summed E-state index contributed by atoms with van der Waals surface area (Å²) in [4.78, 5) is 0. The van der Waals surface area contributed by atoms with Gasteiger partial charge in [-0.3, -0.25) is 0 Å². The van der Waals surface area contributed by atoms with Crippen LogP contribution in [-0.2, 0) is 0 Å². The van der Waals surface area contributed by atoms with E-state index in [9.17, 15) is 0 Å². The van der Waals surface area contributed by atoms with Gasteiger partial charge in [0.25, 0.3) is 0 Å². The third-order valence-corrected chi connectivity index (χ3v) is 1.25. The van der Waals surface area contributed by atoms with Crippen LogP contribution in [0.1, 0.15) is 0 Å². The molecule has 0 aliphatic rings. The quantitative estimate of drug-likeness (QED) is 0.367. The summed E-state index contributed by atoms with van der Waals surface area (Å²) in [6, 6.07) is 7.86. The van der Waals surface area contributed by atoms with E-state index in [0.29, 0.717) is 0 Å². The summed E-state index contributed by atoms with van der Waals surface area (Å²) < 4.78 is 0. The molecule has 0 bridgehead atoms. The Bertz CT molecular complexity index is 209. The average molecular weight is 162 g/mol. The molecule has 1 rings (SSSR count). The minimum absolute atomic E-state index is 0.